The molecule has 0 amide bonds. The molecule has 3 rings (SSSR count). The third-order valence-electron chi connectivity index (χ3n) is 8.03. The molecule has 22 heavy (non-hydrogen) atoms. The van der Waals surface area contributed by atoms with Crippen LogP contribution >= 0.6 is 6.38 Å². The van der Waals surface area contributed by atoms with Gasteiger partial charge >= 0.3 is 141 Å². The second-order valence-electron chi connectivity index (χ2n) is 8.78. The molecule has 0 N–H and O–H groups in total. The van der Waals surface area contributed by atoms with E-state index in [0.29, 0.717) is 0 Å². The van der Waals surface area contributed by atoms with Gasteiger partial charge in [-0.1, -0.05) is 0 Å². The summed E-state index contributed by atoms with van der Waals surface area (Å²) in [7, 11) is 3.55. The van der Waals surface area contributed by atoms with Crippen molar-refractivity contribution in [1.82, 2.24) is 0 Å². The fraction of sp³-hybridized carbons (Fsp3) is 1.00. The van der Waals surface area contributed by atoms with Gasteiger partial charge in [0.1, 0.15) is 0 Å². The minimum atomic E-state index is -1.93. The van der Waals surface area contributed by atoms with Gasteiger partial charge in [-0.15, -0.1) is 0 Å². The van der Waals surface area contributed by atoms with Gasteiger partial charge in [-0.05, 0) is 0 Å². The third-order valence-corrected chi connectivity index (χ3v) is 23.9. The average Bonchev–Trinajstić information content (AvgIpc) is 2.63. The summed E-state index contributed by atoms with van der Waals surface area (Å²) in [5.41, 5.74) is 3.01. The van der Waals surface area contributed by atoms with Crippen LogP contribution in [0.25, 0.3) is 0 Å². The summed E-state index contributed by atoms with van der Waals surface area (Å²) >= 11 is 0. The summed E-state index contributed by atoms with van der Waals surface area (Å²) in [5, 5.41) is 0. The molecule has 0 radical (unpaired) electrons. The summed E-state index contributed by atoms with van der Waals surface area (Å²) in [5.74, 6) is 0. The Bertz CT molecular complexity index is 306. The molecule has 3 aliphatic carbocycles. The first-order valence-electron chi connectivity index (χ1n) is 10.3. The van der Waals surface area contributed by atoms with Crippen molar-refractivity contribution in [1.29, 1.82) is 0 Å². The molecule has 0 aromatic carbocycles. The van der Waals surface area contributed by atoms with Crippen LogP contribution in [0.2, 0.25) is 0 Å². The van der Waals surface area contributed by atoms with E-state index < -0.39 is 6.38 Å². The van der Waals surface area contributed by atoms with E-state index in [-0.39, 0.29) is 0 Å². The van der Waals surface area contributed by atoms with E-state index >= 15 is 0 Å². The van der Waals surface area contributed by atoms with Crippen LogP contribution < -0.4 is 0 Å². The second kappa shape index (κ2) is 7.24. The molecule has 130 valence electrons. The van der Waals surface area contributed by atoms with Crippen molar-refractivity contribution in [3.8, 4) is 0 Å². The summed E-state index contributed by atoms with van der Waals surface area (Å²) in [6.45, 7) is 0. The monoisotopic (exact) mass is 342 g/mol. The first kappa shape index (κ1) is 17.4. The molecule has 0 heterocycles. The van der Waals surface area contributed by atoms with Crippen molar-refractivity contribution in [3.63, 3.8) is 0 Å². The second-order valence-corrected chi connectivity index (χ2v) is 20.5. The van der Waals surface area contributed by atoms with Crippen molar-refractivity contribution in [2.24, 2.45) is 0 Å². The zero-order valence-corrected chi connectivity index (χ0v) is 18.1. The van der Waals surface area contributed by atoms with Crippen LogP contribution in [0.15, 0.2) is 0 Å². The standard InChI is InChI=1S/C19H39OPSi/c1-20-21(22,17-11-5-2-6-12-17,18-13-7-3-8-14-18)19-15-9-4-10-16-19/h17-19H,2-16H2,1,22H3. The third kappa shape index (κ3) is 2.86. The van der Waals surface area contributed by atoms with E-state index in [2.05, 4.69) is 7.11 Å². The van der Waals surface area contributed by atoms with Gasteiger partial charge in [-0.3, -0.25) is 0 Å². The average molecular weight is 343 g/mol. The van der Waals surface area contributed by atoms with Crippen molar-refractivity contribution < 1.29 is 4.52 Å². The normalized spacial score (nSPS) is 29.2. The van der Waals surface area contributed by atoms with E-state index in [1.165, 1.54) is 106 Å². The van der Waals surface area contributed by atoms with Crippen LogP contribution in [0.4, 0.5) is 0 Å². The van der Waals surface area contributed by atoms with Crippen molar-refractivity contribution >= 4 is 16.3 Å². The van der Waals surface area contributed by atoms with Crippen LogP contribution in [0, 0.1) is 0 Å². The molecular weight excluding hydrogens is 303 g/mol. The van der Waals surface area contributed by atoms with Gasteiger partial charge in [0.15, 0.2) is 0 Å². The van der Waals surface area contributed by atoms with Crippen molar-refractivity contribution in [2.45, 2.75) is 113 Å². The summed E-state index contributed by atoms with van der Waals surface area (Å²) < 4.78 is 6.94. The van der Waals surface area contributed by atoms with Gasteiger partial charge in [0, 0.05) is 0 Å². The minimum absolute atomic E-state index is 1.00. The van der Waals surface area contributed by atoms with Gasteiger partial charge in [0.05, 0.1) is 0 Å². The van der Waals surface area contributed by atoms with Crippen LogP contribution in [0.5, 0.6) is 0 Å². The van der Waals surface area contributed by atoms with Crippen LogP contribution in [0.1, 0.15) is 96.3 Å². The zero-order chi connectivity index (χ0) is 15.5. The van der Waals surface area contributed by atoms with E-state index in [0.717, 1.165) is 17.0 Å². The molecule has 0 aromatic heterocycles. The fourth-order valence-electron chi connectivity index (χ4n) is 6.57. The first-order valence-corrected chi connectivity index (χ1v) is 15.8. The molecule has 0 aromatic rings. The molecular formula is C19H39OPSi. The van der Waals surface area contributed by atoms with E-state index in [9.17, 15) is 0 Å². The Kier molecular flexibility index (Phi) is 5.73. The Morgan fingerprint density at radius 1 is 0.591 bits per heavy atom. The fourth-order valence-corrected chi connectivity index (χ4v) is 19.0. The zero-order valence-electron chi connectivity index (χ0n) is 15.2. The molecule has 0 spiro atoms. The van der Waals surface area contributed by atoms with Gasteiger partial charge in [-0.25, -0.2) is 0 Å². The Labute approximate surface area is 141 Å². The summed E-state index contributed by atoms with van der Waals surface area (Å²) in [6, 6.07) is 0. The Balaban J connectivity index is 1.96. The van der Waals surface area contributed by atoms with Crippen LogP contribution in [-0.4, -0.2) is 34.0 Å². The summed E-state index contributed by atoms with van der Waals surface area (Å²) in [4.78, 5) is 0. The van der Waals surface area contributed by atoms with Crippen molar-refractivity contribution in [2.75, 3.05) is 7.11 Å². The van der Waals surface area contributed by atoms with E-state index in [4.69, 9.17) is 4.52 Å². The number of rotatable bonds is 4. The molecule has 0 bridgehead atoms. The maximum absolute atomic E-state index is 6.94. The molecule has 3 aliphatic rings. The molecule has 0 unspecified atom stereocenters. The molecule has 0 saturated heterocycles. The first-order chi connectivity index (χ1) is 10.7. The number of hydrogen-bond acceptors (Lipinski definition) is 1. The molecule has 0 aliphatic heterocycles. The topological polar surface area (TPSA) is 9.23 Å². The Morgan fingerprint density at radius 3 is 1.09 bits per heavy atom. The van der Waals surface area contributed by atoms with Crippen molar-refractivity contribution in [3.05, 3.63) is 0 Å². The SMILES string of the molecule is COP([SiH3])(C1CCCCC1)(C1CCCCC1)C1CCCCC1. The molecule has 3 fully saturated rings. The van der Waals surface area contributed by atoms with E-state index in [1.54, 1.807) is 0 Å². The molecule has 3 saturated carbocycles. The van der Waals surface area contributed by atoms with Gasteiger partial charge < -0.3 is 0 Å². The molecule has 3 heteroatoms. The molecule has 0 atom stereocenters. The van der Waals surface area contributed by atoms with Crippen LogP contribution in [-0.2, 0) is 4.52 Å². The predicted molar refractivity (Wildman–Crippen MR) is 104 cm³/mol. The molecule has 1 nitrogen and oxygen atoms in total. The Hall–Kier alpha value is 0.607. The summed E-state index contributed by atoms with van der Waals surface area (Å²) in [6.07, 6.45) is 20.6. The van der Waals surface area contributed by atoms with Gasteiger partial charge in [0.25, 0.3) is 0 Å². The maximum atomic E-state index is 6.94. The number of hydrogen-bond donors (Lipinski definition) is 0. The van der Waals surface area contributed by atoms with E-state index in [1.807, 2.05) is 0 Å². The quantitative estimate of drug-likeness (QED) is 0.492. The predicted octanol–water partition coefficient (Wildman–Crippen LogP) is 5.38. The van der Waals surface area contributed by atoms with Crippen LogP contribution in [0.3, 0.4) is 0 Å². The van der Waals surface area contributed by atoms with Gasteiger partial charge in [0.2, 0.25) is 0 Å². The van der Waals surface area contributed by atoms with Gasteiger partial charge in [-0.2, -0.15) is 0 Å². The Morgan fingerprint density at radius 2 is 0.864 bits per heavy atom.